The zero-order valence-electron chi connectivity index (χ0n) is 9.35. The van der Waals surface area contributed by atoms with Gasteiger partial charge in [-0.15, -0.1) is 0 Å². The normalized spacial score (nSPS) is 16.5. The molecule has 0 aromatic carbocycles. The van der Waals surface area contributed by atoms with E-state index >= 15 is 0 Å². The molecule has 84 valence electrons. The van der Waals surface area contributed by atoms with E-state index in [0.29, 0.717) is 5.25 Å². The maximum Gasteiger partial charge on any atom is 0.211 e. The lowest BCUT2D eigenvalue weighted by Crippen LogP contribution is -2.12. The van der Waals surface area contributed by atoms with Crippen molar-refractivity contribution in [3.63, 3.8) is 0 Å². The molecule has 1 atom stereocenters. The molecule has 0 fully saturated rings. The minimum Gasteiger partial charge on any atom is -0.324 e. The Bertz CT molecular complexity index is 217. The summed E-state index contributed by atoms with van der Waals surface area (Å²) in [6.45, 7) is 8.21. The molecule has 1 N–H and O–H groups in total. The fourth-order valence-corrected chi connectivity index (χ4v) is 7.17. The molecule has 0 spiro atoms. The van der Waals surface area contributed by atoms with Crippen LogP contribution in [-0.2, 0) is 16.3 Å². The minimum atomic E-state index is -2.00. The maximum atomic E-state index is 5.74. The SMILES string of the molecule is CN=CNP(=S)(OC(C)C)SC(C)C. The van der Waals surface area contributed by atoms with E-state index in [0.717, 1.165) is 0 Å². The lowest BCUT2D eigenvalue weighted by Gasteiger charge is -2.24. The number of hydrogen-bond donors (Lipinski definition) is 1. The molecule has 0 aromatic rings. The second kappa shape index (κ2) is 6.83. The number of rotatable bonds is 6. The van der Waals surface area contributed by atoms with Gasteiger partial charge < -0.3 is 9.61 Å². The molecule has 3 nitrogen and oxygen atoms in total. The van der Waals surface area contributed by atoms with Gasteiger partial charge in [-0.1, -0.05) is 25.2 Å². The Kier molecular flexibility index (Phi) is 7.04. The van der Waals surface area contributed by atoms with Gasteiger partial charge in [-0.2, -0.15) is 0 Å². The lowest BCUT2D eigenvalue weighted by molar-refractivity contribution is 0.274. The van der Waals surface area contributed by atoms with Gasteiger partial charge in [0.25, 0.3) is 0 Å². The number of hydrogen-bond acceptors (Lipinski definition) is 4. The van der Waals surface area contributed by atoms with Gasteiger partial charge in [0.2, 0.25) is 5.62 Å². The summed E-state index contributed by atoms with van der Waals surface area (Å²) < 4.78 is 5.74. The highest BCUT2D eigenvalue weighted by Gasteiger charge is 2.20. The lowest BCUT2D eigenvalue weighted by atomic mass is 10.5. The molecule has 0 heterocycles. The monoisotopic (exact) mass is 254 g/mol. The number of nitrogens with zero attached hydrogens (tertiary/aromatic N) is 1. The quantitative estimate of drug-likeness (QED) is 0.449. The zero-order valence-corrected chi connectivity index (χ0v) is 11.9. The van der Waals surface area contributed by atoms with Crippen LogP contribution in [0.5, 0.6) is 0 Å². The van der Waals surface area contributed by atoms with Gasteiger partial charge in [-0.25, -0.2) is 0 Å². The summed E-state index contributed by atoms with van der Waals surface area (Å²) in [6.07, 6.45) is 1.77. The van der Waals surface area contributed by atoms with Gasteiger partial charge in [0.05, 0.1) is 12.4 Å². The molecule has 0 aliphatic carbocycles. The first-order valence-electron chi connectivity index (χ1n) is 4.55. The molecule has 0 rings (SSSR count). The molecule has 0 radical (unpaired) electrons. The Morgan fingerprint density at radius 1 is 1.43 bits per heavy atom. The first kappa shape index (κ1) is 14.4. The van der Waals surface area contributed by atoms with E-state index in [1.54, 1.807) is 24.8 Å². The highest BCUT2D eigenvalue weighted by atomic mass is 32.9. The molecular formula is C8H19N2OPS2. The average Bonchev–Trinajstić information content (AvgIpc) is 1.97. The fraction of sp³-hybridized carbons (Fsp3) is 0.875. The van der Waals surface area contributed by atoms with Gasteiger partial charge in [0.15, 0.2) is 0 Å². The molecular weight excluding hydrogens is 235 g/mol. The van der Waals surface area contributed by atoms with Crippen LogP contribution in [0.25, 0.3) is 0 Å². The summed E-state index contributed by atoms with van der Waals surface area (Å²) in [7, 11) is 1.71. The van der Waals surface area contributed by atoms with Crippen molar-refractivity contribution in [2.45, 2.75) is 39.0 Å². The molecule has 0 bridgehead atoms. The molecule has 0 aromatic heterocycles. The van der Waals surface area contributed by atoms with Crippen LogP contribution in [0.1, 0.15) is 27.7 Å². The number of aliphatic imine (C=N–C) groups is 1. The van der Waals surface area contributed by atoms with Crippen LogP contribution in [-0.4, -0.2) is 24.7 Å². The Balaban J connectivity index is 4.41. The summed E-state index contributed by atoms with van der Waals surface area (Å²) in [5.41, 5.74) is -2.00. The van der Waals surface area contributed by atoms with Crippen molar-refractivity contribution in [3.05, 3.63) is 0 Å². The maximum absolute atomic E-state index is 5.74. The van der Waals surface area contributed by atoms with Crippen molar-refractivity contribution >= 4 is 35.1 Å². The Labute approximate surface area is 96.0 Å². The third kappa shape index (κ3) is 6.82. The molecule has 0 saturated carbocycles. The molecule has 0 aliphatic rings. The predicted molar refractivity (Wildman–Crippen MR) is 70.8 cm³/mol. The second-order valence-corrected chi connectivity index (χ2v) is 10.4. The van der Waals surface area contributed by atoms with Crippen molar-refractivity contribution < 1.29 is 4.52 Å². The fourth-order valence-electron chi connectivity index (χ4n) is 0.769. The minimum absolute atomic E-state index is 0.143. The third-order valence-electron chi connectivity index (χ3n) is 1.04. The summed E-state index contributed by atoms with van der Waals surface area (Å²) in [5.74, 6) is 0. The van der Waals surface area contributed by atoms with E-state index in [1.165, 1.54) is 0 Å². The first-order chi connectivity index (χ1) is 6.39. The van der Waals surface area contributed by atoms with E-state index in [2.05, 4.69) is 23.9 Å². The average molecular weight is 254 g/mol. The van der Waals surface area contributed by atoms with Gasteiger partial charge in [-0.3, -0.25) is 4.99 Å². The second-order valence-electron chi connectivity index (χ2n) is 3.32. The van der Waals surface area contributed by atoms with Crippen LogP contribution in [0.2, 0.25) is 0 Å². The third-order valence-corrected chi connectivity index (χ3v) is 6.90. The van der Waals surface area contributed by atoms with Crippen molar-refractivity contribution in [2.75, 3.05) is 7.05 Å². The Morgan fingerprint density at radius 2 is 2.00 bits per heavy atom. The van der Waals surface area contributed by atoms with E-state index in [4.69, 9.17) is 16.3 Å². The van der Waals surface area contributed by atoms with Gasteiger partial charge in [0, 0.05) is 12.3 Å². The molecule has 0 amide bonds. The van der Waals surface area contributed by atoms with E-state index in [1.807, 2.05) is 13.8 Å². The molecule has 0 aliphatic heterocycles. The molecule has 14 heavy (non-hydrogen) atoms. The van der Waals surface area contributed by atoms with Crippen molar-refractivity contribution in [1.29, 1.82) is 0 Å². The summed E-state index contributed by atoms with van der Waals surface area (Å²) in [4.78, 5) is 3.87. The highest BCUT2D eigenvalue weighted by molar-refractivity contribution is 8.69. The number of nitrogens with one attached hydrogen (secondary N) is 1. The van der Waals surface area contributed by atoms with Gasteiger partial charge in [-0.05, 0) is 25.7 Å². The van der Waals surface area contributed by atoms with Crippen LogP contribution in [0.4, 0.5) is 0 Å². The van der Waals surface area contributed by atoms with Gasteiger partial charge in [0.1, 0.15) is 0 Å². The standard InChI is InChI=1S/C8H19N2OPS2/c1-7(2)11-12(13,10-6-9-5)14-8(3)4/h6-8H,1-5H3,(H,9,10,13). The summed E-state index contributed by atoms with van der Waals surface area (Å²) in [5, 5.41) is 3.54. The molecule has 1 unspecified atom stereocenters. The van der Waals surface area contributed by atoms with E-state index in [9.17, 15) is 0 Å². The van der Waals surface area contributed by atoms with Crippen molar-refractivity contribution in [3.8, 4) is 0 Å². The van der Waals surface area contributed by atoms with Crippen LogP contribution in [0, 0.1) is 0 Å². The molecule has 0 saturated heterocycles. The van der Waals surface area contributed by atoms with Crippen LogP contribution in [0.3, 0.4) is 0 Å². The van der Waals surface area contributed by atoms with E-state index in [-0.39, 0.29) is 6.10 Å². The van der Waals surface area contributed by atoms with Crippen LogP contribution in [0.15, 0.2) is 4.99 Å². The predicted octanol–water partition coefficient (Wildman–Crippen LogP) is 3.03. The zero-order chi connectivity index (χ0) is 11.2. The summed E-state index contributed by atoms with van der Waals surface area (Å²) in [6, 6.07) is 0. The Hall–Kier alpha value is 0.430. The Morgan fingerprint density at radius 3 is 2.36 bits per heavy atom. The van der Waals surface area contributed by atoms with Crippen LogP contribution >= 0.6 is 17.0 Å². The van der Waals surface area contributed by atoms with E-state index < -0.39 is 5.62 Å². The first-order valence-corrected chi connectivity index (χ1v) is 8.75. The summed E-state index contributed by atoms with van der Waals surface area (Å²) >= 11 is 7.14. The smallest absolute Gasteiger partial charge is 0.211 e. The van der Waals surface area contributed by atoms with Crippen molar-refractivity contribution in [2.24, 2.45) is 4.99 Å². The largest absolute Gasteiger partial charge is 0.324 e. The van der Waals surface area contributed by atoms with Crippen LogP contribution < -0.4 is 5.09 Å². The highest BCUT2D eigenvalue weighted by Crippen LogP contribution is 2.58. The molecule has 6 heteroatoms. The topological polar surface area (TPSA) is 33.6 Å². The van der Waals surface area contributed by atoms with Crippen molar-refractivity contribution in [1.82, 2.24) is 5.09 Å². The van der Waals surface area contributed by atoms with Gasteiger partial charge >= 0.3 is 0 Å².